The van der Waals surface area contributed by atoms with E-state index in [1.165, 1.54) is 19.4 Å². The van der Waals surface area contributed by atoms with E-state index in [9.17, 15) is 4.39 Å². The third-order valence-electron chi connectivity index (χ3n) is 4.25. The second-order valence-corrected chi connectivity index (χ2v) is 5.72. The maximum atomic E-state index is 14.2. The minimum absolute atomic E-state index is 0.138. The Morgan fingerprint density at radius 3 is 2.85 bits per heavy atom. The van der Waals surface area contributed by atoms with Crippen LogP contribution in [0.1, 0.15) is 30.9 Å². The normalized spacial score (nSPS) is 19.9. The Morgan fingerprint density at radius 1 is 1.40 bits per heavy atom. The van der Waals surface area contributed by atoms with Crippen molar-refractivity contribution in [2.75, 3.05) is 26.7 Å². The van der Waals surface area contributed by atoms with Crippen molar-refractivity contribution >= 4 is 0 Å². The molecule has 2 N–H and O–H groups in total. The highest BCUT2D eigenvalue weighted by atomic mass is 19.1. The fraction of sp³-hybridized carbons (Fsp3) is 0.625. The molecule has 0 spiro atoms. The van der Waals surface area contributed by atoms with Crippen molar-refractivity contribution in [2.45, 2.75) is 38.9 Å². The molecule has 0 aromatic heterocycles. The van der Waals surface area contributed by atoms with E-state index in [0.29, 0.717) is 18.2 Å². The lowest BCUT2D eigenvalue weighted by atomic mass is 10.1. The number of nitrogens with two attached hydrogens (primary N) is 1. The molecular formula is C16H26FN3. The van der Waals surface area contributed by atoms with Crippen molar-refractivity contribution in [3.05, 3.63) is 35.1 Å². The van der Waals surface area contributed by atoms with Crippen LogP contribution in [-0.4, -0.2) is 42.5 Å². The van der Waals surface area contributed by atoms with Gasteiger partial charge in [-0.25, -0.2) is 4.39 Å². The van der Waals surface area contributed by atoms with Crippen LogP contribution in [0.4, 0.5) is 4.39 Å². The van der Waals surface area contributed by atoms with Crippen LogP contribution in [-0.2, 0) is 13.1 Å². The monoisotopic (exact) mass is 279 g/mol. The predicted octanol–water partition coefficient (Wildman–Crippen LogP) is 2.20. The molecule has 20 heavy (non-hydrogen) atoms. The standard InChI is InChI=1S/C16H26FN3/c1-3-20-9-5-8-15(20)12-19(2)11-14-7-4-6-13(10-18)16(14)17/h4,6-7,15H,3,5,8-12,18H2,1-2H3. The van der Waals surface area contributed by atoms with E-state index in [-0.39, 0.29) is 12.4 Å². The number of likely N-dealkylation sites (N-methyl/N-ethyl adjacent to an activating group) is 2. The van der Waals surface area contributed by atoms with E-state index >= 15 is 0 Å². The zero-order valence-corrected chi connectivity index (χ0v) is 12.6. The number of nitrogens with zero attached hydrogens (tertiary/aromatic N) is 2. The average Bonchev–Trinajstić information content (AvgIpc) is 2.88. The van der Waals surface area contributed by atoms with E-state index in [1.54, 1.807) is 6.07 Å². The van der Waals surface area contributed by atoms with Gasteiger partial charge in [-0.05, 0) is 33.0 Å². The topological polar surface area (TPSA) is 32.5 Å². The SMILES string of the molecule is CCN1CCCC1CN(C)Cc1cccc(CN)c1F. The third-order valence-corrected chi connectivity index (χ3v) is 4.25. The summed E-state index contributed by atoms with van der Waals surface area (Å²) in [5, 5.41) is 0. The van der Waals surface area contributed by atoms with Gasteiger partial charge in [0.25, 0.3) is 0 Å². The van der Waals surface area contributed by atoms with Gasteiger partial charge in [0.05, 0.1) is 0 Å². The molecule has 0 saturated carbocycles. The Kier molecular flexibility index (Phi) is 5.52. The van der Waals surface area contributed by atoms with Crippen molar-refractivity contribution in [2.24, 2.45) is 5.73 Å². The molecule has 0 bridgehead atoms. The zero-order valence-electron chi connectivity index (χ0n) is 12.6. The third kappa shape index (κ3) is 3.57. The van der Waals surface area contributed by atoms with Crippen LogP contribution in [0.5, 0.6) is 0 Å². The molecule has 112 valence electrons. The Bertz CT molecular complexity index is 436. The molecule has 1 saturated heterocycles. The van der Waals surface area contributed by atoms with Gasteiger partial charge in [0, 0.05) is 36.8 Å². The molecule has 0 amide bonds. The highest BCUT2D eigenvalue weighted by molar-refractivity contribution is 5.25. The molecule has 2 rings (SSSR count). The molecule has 1 aromatic rings. The fourth-order valence-electron chi connectivity index (χ4n) is 3.15. The van der Waals surface area contributed by atoms with Crippen molar-refractivity contribution in [1.82, 2.24) is 9.80 Å². The maximum Gasteiger partial charge on any atom is 0.132 e. The number of likely N-dealkylation sites (tertiary alicyclic amines) is 1. The van der Waals surface area contributed by atoms with Gasteiger partial charge >= 0.3 is 0 Å². The lowest BCUT2D eigenvalue weighted by Gasteiger charge is -2.28. The van der Waals surface area contributed by atoms with Crippen molar-refractivity contribution in [3.63, 3.8) is 0 Å². The Labute approximate surface area is 121 Å². The summed E-state index contributed by atoms with van der Waals surface area (Å²) >= 11 is 0. The highest BCUT2D eigenvalue weighted by Crippen LogP contribution is 2.19. The van der Waals surface area contributed by atoms with Crippen LogP contribution in [0.3, 0.4) is 0 Å². The first-order valence-electron chi connectivity index (χ1n) is 7.54. The first-order chi connectivity index (χ1) is 9.65. The molecule has 1 aliphatic heterocycles. The number of halogens is 1. The second-order valence-electron chi connectivity index (χ2n) is 5.72. The van der Waals surface area contributed by atoms with E-state index in [2.05, 4.69) is 23.8 Å². The zero-order chi connectivity index (χ0) is 14.5. The van der Waals surface area contributed by atoms with Crippen molar-refractivity contribution in [3.8, 4) is 0 Å². The summed E-state index contributed by atoms with van der Waals surface area (Å²) in [6.45, 7) is 6.42. The quantitative estimate of drug-likeness (QED) is 0.866. The largest absolute Gasteiger partial charge is 0.326 e. The minimum Gasteiger partial charge on any atom is -0.326 e. The summed E-state index contributed by atoms with van der Waals surface area (Å²) in [4.78, 5) is 4.74. The lowest BCUT2D eigenvalue weighted by Crippen LogP contribution is -2.38. The van der Waals surface area contributed by atoms with Gasteiger partial charge in [-0.15, -0.1) is 0 Å². The summed E-state index contributed by atoms with van der Waals surface area (Å²) in [7, 11) is 2.07. The minimum atomic E-state index is -0.138. The predicted molar refractivity (Wildman–Crippen MR) is 80.9 cm³/mol. The second kappa shape index (κ2) is 7.16. The molecule has 1 atom stereocenters. The summed E-state index contributed by atoms with van der Waals surface area (Å²) in [6.07, 6.45) is 2.53. The van der Waals surface area contributed by atoms with Gasteiger partial charge < -0.3 is 10.6 Å². The van der Waals surface area contributed by atoms with E-state index < -0.39 is 0 Å². The number of hydrogen-bond donors (Lipinski definition) is 1. The highest BCUT2D eigenvalue weighted by Gasteiger charge is 2.24. The van der Waals surface area contributed by atoms with Gasteiger partial charge in [0.1, 0.15) is 5.82 Å². The fourth-order valence-corrected chi connectivity index (χ4v) is 3.15. The number of hydrogen-bond acceptors (Lipinski definition) is 3. The molecule has 1 heterocycles. The van der Waals surface area contributed by atoms with Crippen LogP contribution in [0.25, 0.3) is 0 Å². The number of benzene rings is 1. The van der Waals surface area contributed by atoms with Crippen molar-refractivity contribution < 1.29 is 4.39 Å². The maximum absolute atomic E-state index is 14.2. The van der Waals surface area contributed by atoms with Gasteiger partial charge in [-0.3, -0.25) is 4.90 Å². The Morgan fingerprint density at radius 2 is 2.15 bits per heavy atom. The Hall–Kier alpha value is -0.970. The average molecular weight is 279 g/mol. The smallest absolute Gasteiger partial charge is 0.132 e. The van der Waals surface area contributed by atoms with Gasteiger partial charge in [-0.1, -0.05) is 25.1 Å². The summed E-state index contributed by atoms with van der Waals surface area (Å²) in [5.41, 5.74) is 6.91. The molecule has 4 heteroatoms. The first kappa shape index (κ1) is 15.4. The molecular weight excluding hydrogens is 253 g/mol. The Balaban J connectivity index is 1.96. The van der Waals surface area contributed by atoms with Gasteiger partial charge in [0.15, 0.2) is 0 Å². The van der Waals surface area contributed by atoms with Crippen LogP contribution in [0, 0.1) is 5.82 Å². The van der Waals surface area contributed by atoms with Crippen molar-refractivity contribution in [1.29, 1.82) is 0 Å². The summed E-state index contributed by atoms with van der Waals surface area (Å²) < 4.78 is 14.2. The van der Waals surface area contributed by atoms with Gasteiger partial charge in [-0.2, -0.15) is 0 Å². The van der Waals surface area contributed by atoms with Gasteiger partial charge in [0.2, 0.25) is 0 Å². The van der Waals surface area contributed by atoms with Crippen LogP contribution >= 0.6 is 0 Å². The summed E-state index contributed by atoms with van der Waals surface area (Å²) in [5.74, 6) is -0.138. The van der Waals surface area contributed by atoms with Crippen LogP contribution in [0.2, 0.25) is 0 Å². The molecule has 1 aliphatic rings. The van der Waals surface area contributed by atoms with Crippen LogP contribution < -0.4 is 5.73 Å². The number of rotatable bonds is 6. The van der Waals surface area contributed by atoms with E-state index in [1.807, 2.05) is 12.1 Å². The molecule has 3 nitrogen and oxygen atoms in total. The molecule has 0 aliphatic carbocycles. The molecule has 1 unspecified atom stereocenters. The van der Waals surface area contributed by atoms with E-state index in [0.717, 1.165) is 18.7 Å². The summed E-state index contributed by atoms with van der Waals surface area (Å²) in [6, 6.07) is 6.12. The van der Waals surface area contributed by atoms with Crippen LogP contribution in [0.15, 0.2) is 18.2 Å². The lowest BCUT2D eigenvalue weighted by molar-refractivity contribution is 0.193. The van der Waals surface area contributed by atoms with E-state index in [4.69, 9.17) is 5.73 Å². The first-order valence-corrected chi connectivity index (χ1v) is 7.54. The molecule has 0 radical (unpaired) electrons. The molecule has 1 fully saturated rings. The molecule has 1 aromatic carbocycles.